The van der Waals surface area contributed by atoms with Crippen LogP contribution in [0.25, 0.3) is 0 Å². The van der Waals surface area contributed by atoms with Crippen LogP contribution in [-0.2, 0) is 6.18 Å². The van der Waals surface area contributed by atoms with Crippen molar-refractivity contribution in [2.24, 2.45) is 0 Å². The van der Waals surface area contributed by atoms with Crippen LogP contribution in [0.1, 0.15) is 30.0 Å². The molecule has 0 amide bonds. The van der Waals surface area contributed by atoms with Crippen molar-refractivity contribution < 1.29 is 17.9 Å². The average molecular weight is 323 g/mol. The van der Waals surface area contributed by atoms with Gasteiger partial charge < -0.3 is 10.1 Å². The number of alkyl halides is 3. The molecule has 1 saturated heterocycles. The van der Waals surface area contributed by atoms with Gasteiger partial charge in [-0.25, -0.2) is 4.98 Å². The highest BCUT2D eigenvalue weighted by molar-refractivity contribution is 5.35. The predicted octanol–water partition coefficient (Wildman–Crippen LogP) is 3.75. The molecule has 1 aromatic carbocycles. The van der Waals surface area contributed by atoms with Gasteiger partial charge in [-0.2, -0.15) is 13.2 Å². The summed E-state index contributed by atoms with van der Waals surface area (Å²) < 4.78 is 44.0. The third-order valence-corrected chi connectivity index (χ3v) is 3.75. The van der Waals surface area contributed by atoms with Gasteiger partial charge in [-0.05, 0) is 37.6 Å². The van der Waals surface area contributed by atoms with E-state index in [-0.39, 0.29) is 17.5 Å². The van der Waals surface area contributed by atoms with Gasteiger partial charge in [0.25, 0.3) is 0 Å². The van der Waals surface area contributed by atoms with Crippen LogP contribution >= 0.6 is 0 Å². The Labute approximate surface area is 131 Å². The van der Waals surface area contributed by atoms with Gasteiger partial charge in [0.05, 0.1) is 5.56 Å². The molecule has 0 saturated carbocycles. The van der Waals surface area contributed by atoms with Crippen LogP contribution in [0.4, 0.5) is 13.2 Å². The molecule has 1 N–H and O–H groups in total. The first-order chi connectivity index (χ1) is 11.0. The van der Waals surface area contributed by atoms with E-state index in [1.807, 2.05) is 0 Å². The smallest absolute Gasteiger partial charge is 0.416 e. The summed E-state index contributed by atoms with van der Waals surface area (Å²) >= 11 is 0. The van der Waals surface area contributed by atoms with E-state index in [9.17, 15) is 13.2 Å². The van der Waals surface area contributed by atoms with Crippen molar-refractivity contribution in [2.75, 3.05) is 13.1 Å². The zero-order valence-electron chi connectivity index (χ0n) is 12.3. The summed E-state index contributed by atoms with van der Waals surface area (Å²) in [5, 5.41) is 3.28. The topological polar surface area (TPSA) is 47.0 Å². The first-order valence-corrected chi connectivity index (χ1v) is 7.41. The molecular formula is C16H16F3N3O. The number of rotatable bonds is 3. The van der Waals surface area contributed by atoms with E-state index < -0.39 is 11.7 Å². The van der Waals surface area contributed by atoms with Crippen LogP contribution in [0.15, 0.2) is 36.7 Å². The Balaban J connectivity index is 1.86. The molecular weight excluding hydrogens is 307 g/mol. The summed E-state index contributed by atoms with van der Waals surface area (Å²) in [6.07, 6.45) is 0.609. The lowest BCUT2D eigenvalue weighted by atomic mass is 9.96. The average Bonchev–Trinajstić information content (AvgIpc) is 2.56. The number of nitrogens with one attached hydrogen (secondary N) is 1. The summed E-state index contributed by atoms with van der Waals surface area (Å²) in [6.45, 7) is 1.72. The SMILES string of the molecule is FC(F)(F)c1cccc(Oc2nccnc2C2CCCNC2)c1. The summed E-state index contributed by atoms with van der Waals surface area (Å²) in [6, 6.07) is 4.77. The number of aromatic nitrogens is 2. The highest BCUT2D eigenvalue weighted by Gasteiger charge is 2.31. The molecule has 0 radical (unpaired) electrons. The van der Waals surface area contributed by atoms with Gasteiger partial charge in [0.2, 0.25) is 5.88 Å². The van der Waals surface area contributed by atoms with Crippen molar-refractivity contribution in [3.63, 3.8) is 0 Å². The summed E-state index contributed by atoms with van der Waals surface area (Å²) in [4.78, 5) is 8.47. The number of hydrogen-bond acceptors (Lipinski definition) is 4. The highest BCUT2D eigenvalue weighted by Crippen LogP contribution is 2.34. The van der Waals surface area contributed by atoms with Crippen LogP contribution in [0.5, 0.6) is 11.6 Å². The lowest BCUT2D eigenvalue weighted by Crippen LogP contribution is -2.29. The molecule has 1 fully saturated rings. The second-order valence-electron chi connectivity index (χ2n) is 5.42. The van der Waals surface area contributed by atoms with E-state index in [4.69, 9.17) is 4.74 Å². The van der Waals surface area contributed by atoms with Gasteiger partial charge in [-0.15, -0.1) is 0 Å². The number of nitrogens with zero attached hydrogens (tertiary/aromatic N) is 2. The molecule has 0 aliphatic carbocycles. The van der Waals surface area contributed by atoms with E-state index in [0.717, 1.165) is 38.1 Å². The largest absolute Gasteiger partial charge is 0.437 e. The molecule has 2 aromatic rings. The number of benzene rings is 1. The van der Waals surface area contributed by atoms with E-state index in [0.29, 0.717) is 5.69 Å². The third kappa shape index (κ3) is 3.79. The monoisotopic (exact) mass is 323 g/mol. The Hall–Kier alpha value is -2.15. The maximum Gasteiger partial charge on any atom is 0.416 e. The fraction of sp³-hybridized carbons (Fsp3) is 0.375. The number of piperidine rings is 1. The standard InChI is InChI=1S/C16H16F3N3O/c17-16(18,19)12-4-1-5-13(9-12)23-15-14(21-7-8-22-15)11-3-2-6-20-10-11/h1,4-5,7-9,11,20H,2-3,6,10H2. The molecule has 1 aliphatic heterocycles. The Morgan fingerprint density at radius 3 is 2.74 bits per heavy atom. The molecule has 2 heterocycles. The second kappa shape index (κ2) is 6.54. The summed E-state index contributed by atoms with van der Waals surface area (Å²) in [7, 11) is 0. The van der Waals surface area contributed by atoms with E-state index in [1.54, 1.807) is 6.20 Å². The van der Waals surface area contributed by atoms with Gasteiger partial charge in [-0.3, -0.25) is 4.98 Å². The molecule has 1 aliphatic rings. The van der Waals surface area contributed by atoms with Gasteiger partial charge in [0.15, 0.2) is 0 Å². The van der Waals surface area contributed by atoms with Crippen molar-refractivity contribution in [1.29, 1.82) is 0 Å². The predicted molar refractivity (Wildman–Crippen MR) is 78.4 cm³/mol. The molecule has 23 heavy (non-hydrogen) atoms. The molecule has 4 nitrogen and oxygen atoms in total. The Morgan fingerprint density at radius 1 is 1.17 bits per heavy atom. The van der Waals surface area contributed by atoms with Crippen LogP contribution < -0.4 is 10.1 Å². The summed E-state index contributed by atoms with van der Waals surface area (Å²) in [5.41, 5.74) is -0.0723. The van der Waals surface area contributed by atoms with E-state index >= 15 is 0 Å². The Kier molecular flexibility index (Phi) is 4.47. The van der Waals surface area contributed by atoms with Crippen molar-refractivity contribution >= 4 is 0 Å². The lowest BCUT2D eigenvalue weighted by Gasteiger charge is -2.23. The number of ether oxygens (including phenoxy) is 1. The van der Waals surface area contributed by atoms with Crippen LogP contribution in [0, 0.1) is 0 Å². The number of hydrogen-bond donors (Lipinski definition) is 1. The fourth-order valence-electron chi connectivity index (χ4n) is 2.63. The minimum atomic E-state index is -4.40. The van der Waals surface area contributed by atoms with Crippen LogP contribution in [0.3, 0.4) is 0 Å². The minimum Gasteiger partial charge on any atom is -0.437 e. The van der Waals surface area contributed by atoms with Crippen molar-refractivity contribution in [3.8, 4) is 11.6 Å². The first-order valence-electron chi connectivity index (χ1n) is 7.41. The Bertz CT molecular complexity index is 670. The Morgan fingerprint density at radius 2 is 2.00 bits per heavy atom. The van der Waals surface area contributed by atoms with Gasteiger partial charge in [0.1, 0.15) is 11.4 Å². The molecule has 0 spiro atoms. The molecule has 3 rings (SSSR count). The van der Waals surface area contributed by atoms with Crippen molar-refractivity contribution in [2.45, 2.75) is 24.9 Å². The molecule has 1 aromatic heterocycles. The second-order valence-corrected chi connectivity index (χ2v) is 5.42. The van der Waals surface area contributed by atoms with Crippen molar-refractivity contribution in [1.82, 2.24) is 15.3 Å². The van der Waals surface area contributed by atoms with E-state index in [2.05, 4.69) is 15.3 Å². The number of halogens is 3. The molecule has 122 valence electrons. The van der Waals surface area contributed by atoms with Crippen molar-refractivity contribution in [3.05, 3.63) is 47.9 Å². The zero-order chi connectivity index (χ0) is 16.3. The zero-order valence-corrected chi connectivity index (χ0v) is 12.3. The van der Waals surface area contributed by atoms with Gasteiger partial charge in [-0.1, -0.05) is 6.07 Å². The third-order valence-electron chi connectivity index (χ3n) is 3.75. The highest BCUT2D eigenvalue weighted by atomic mass is 19.4. The molecule has 7 heteroatoms. The molecule has 1 unspecified atom stereocenters. The molecule has 1 atom stereocenters. The maximum absolute atomic E-state index is 12.8. The van der Waals surface area contributed by atoms with Crippen LogP contribution in [0.2, 0.25) is 0 Å². The summed E-state index contributed by atoms with van der Waals surface area (Å²) in [5.74, 6) is 0.518. The lowest BCUT2D eigenvalue weighted by molar-refractivity contribution is -0.137. The van der Waals surface area contributed by atoms with E-state index in [1.165, 1.54) is 18.3 Å². The van der Waals surface area contributed by atoms with Crippen LogP contribution in [-0.4, -0.2) is 23.1 Å². The minimum absolute atomic E-state index is 0.102. The molecule has 0 bridgehead atoms. The quantitative estimate of drug-likeness (QED) is 0.934. The van der Waals surface area contributed by atoms with Gasteiger partial charge >= 0.3 is 6.18 Å². The first kappa shape index (κ1) is 15.7. The van der Waals surface area contributed by atoms with Gasteiger partial charge in [0, 0.05) is 24.9 Å². The maximum atomic E-state index is 12.8. The fourth-order valence-corrected chi connectivity index (χ4v) is 2.63. The normalized spacial score (nSPS) is 18.7.